The molecule has 2 aromatic carbocycles. The Kier molecular flexibility index (Phi) is 2.89. The zero-order valence-electron chi connectivity index (χ0n) is 9.83. The molecule has 0 spiro atoms. The number of benzene rings is 2. The smallest absolute Gasteiger partial charge is 0.270 e. The minimum absolute atomic E-state index is 0.457. The van der Waals surface area contributed by atoms with Crippen molar-refractivity contribution >= 4 is 49.3 Å². The fourth-order valence-corrected chi connectivity index (χ4v) is 3.12. The van der Waals surface area contributed by atoms with Crippen LogP contribution in [0.3, 0.4) is 0 Å². The van der Waals surface area contributed by atoms with Crippen LogP contribution in [0.1, 0.15) is 0 Å². The molecule has 0 bridgehead atoms. The van der Waals surface area contributed by atoms with Crippen molar-refractivity contribution in [3.05, 3.63) is 42.5 Å². The number of rotatable bonds is 2. The lowest BCUT2D eigenvalue weighted by molar-refractivity contribution is -0.110. The molecule has 0 atom stereocenters. The number of thiophene rings is 1. The summed E-state index contributed by atoms with van der Waals surface area (Å²) in [5.74, 6) is -0.457. The first kappa shape index (κ1) is 11.7. The van der Waals surface area contributed by atoms with Gasteiger partial charge in [0.1, 0.15) is 6.21 Å². The maximum atomic E-state index is 11.3. The van der Waals surface area contributed by atoms with Crippen LogP contribution in [0.5, 0.6) is 0 Å². The summed E-state index contributed by atoms with van der Waals surface area (Å²) in [6, 6.07) is 13.9. The summed E-state index contributed by atoms with van der Waals surface area (Å²) in [5.41, 5.74) is 0.681. The lowest BCUT2D eigenvalue weighted by Gasteiger charge is -2.01. The van der Waals surface area contributed by atoms with E-state index >= 15 is 0 Å². The van der Waals surface area contributed by atoms with Gasteiger partial charge in [-0.2, -0.15) is 0 Å². The van der Waals surface area contributed by atoms with Gasteiger partial charge >= 0.3 is 0 Å². The van der Waals surface area contributed by atoms with Gasteiger partial charge in [-0.05, 0) is 24.3 Å². The van der Waals surface area contributed by atoms with Gasteiger partial charge in [-0.3, -0.25) is 4.79 Å². The van der Waals surface area contributed by atoms with Gasteiger partial charge in [-0.15, -0.1) is 11.3 Å². The maximum Gasteiger partial charge on any atom is 0.270 e. The van der Waals surface area contributed by atoms with E-state index in [0.29, 0.717) is 5.69 Å². The van der Waals surface area contributed by atoms with Crippen molar-refractivity contribution in [3.8, 4) is 0 Å². The van der Waals surface area contributed by atoms with E-state index in [4.69, 9.17) is 5.21 Å². The van der Waals surface area contributed by atoms with Crippen LogP contribution in [-0.2, 0) is 4.79 Å². The van der Waals surface area contributed by atoms with Crippen LogP contribution < -0.4 is 5.32 Å². The van der Waals surface area contributed by atoms with Gasteiger partial charge in [-0.1, -0.05) is 23.4 Å². The molecule has 0 saturated carbocycles. The first-order valence-electron chi connectivity index (χ1n) is 5.67. The number of oxime groups is 1. The van der Waals surface area contributed by atoms with Crippen molar-refractivity contribution < 1.29 is 10.0 Å². The van der Waals surface area contributed by atoms with Gasteiger partial charge < -0.3 is 10.5 Å². The predicted molar refractivity (Wildman–Crippen MR) is 78.2 cm³/mol. The second-order valence-corrected chi connectivity index (χ2v) is 5.13. The van der Waals surface area contributed by atoms with Gasteiger partial charge in [0.05, 0.1) is 0 Å². The molecule has 2 N–H and O–H groups in total. The number of fused-ring (bicyclic) bond motifs is 3. The van der Waals surface area contributed by atoms with Crippen LogP contribution in [0.15, 0.2) is 47.6 Å². The number of nitrogens with one attached hydrogen (secondary N) is 1. The summed E-state index contributed by atoms with van der Waals surface area (Å²) in [6.45, 7) is 0. The number of hydrogen-bond acceptors (Lipinski definition) is 4. The van der Waals surface area contributed by atoms with E-state index in [9.17, 15) is 4.79 Å². The fourth-order valence-electron chi connectivity index (χ4n) is 2.03. The van der Waals surface area contributed by atoms with E-state index in [1.165, 1.54) is 14.8 Å². The number of carbonyl (C=O) groups is 1. The normalized spacial score (nSPS) is 11.4. The fraction of sp³-hybridized carbons (Fsp3) is 0. The molecule has 3 rings (SSSR count). The molecule has 0 unspecified atom stereocenters. The largest absolute Gasteiger partial charge is 0.411 e. The summed E-state index contributed by atoms with van der Waals surface area (Å²) in [7, 11) is 0. The molecule has 94 valence electrons. The molecule has 4 nitrogen and oxygen atoms in total. The number of hydrogen-bond donors (Lipinski definition) is 2. The minimum atomic E-state index is -0.457. The van der Waals surface area contributed by atoms with Crippen molar-refractivity contribution in [2.24, 2.45) is 5.16 Å². The molecule has 19 heavy (non-hydrogen) atoms. The molecule has 1 aromatic heterocycles. The van der Waals surface area contributed by atoms with Gasteiger partial charge in [0.25, 0.3) is 5.91 Å². The SMILES string of the molecule is O=C(/C=N/O)Nc1ccc2sc3ccccc3c2c1. The highest BCUT2D eigenvalue weighted by atomic mass is 32.1. The van der Waals surface area contributed by atoms with E-state index in [-0.39, 0.29) is 0 Å². The highest BCUT2D eigenvalue weighted by molar-refractivity contribution is 7.25. The molecule has 3 aromatic rings. The Morgan fingerprint density at radius 2 is 1.95 bits per heavy atom. The molecule has 0 radical (unpaired) electrons. The molecule has 1 heterocycles. The average molecular weight is 270 g/mol. The molecule has 5 heteroatoms. The Morgan fingerprint density at radius 1 is 1.16 bits per heavy atom. The van der Waals surface area contributed by atoms with Gasteiger partial charge in [-0.25, -0.2) is 0 Å². The number of nitrogens with zero attached hydrogens (tertiary/aromatic N) is 1. The van der Waals surface area contributed by atoms with Crippen LogP contribution in [0, 0.1) is 0 Å². The van der Waals surface area contributed by atoms with E-state index in [2.05, 4.69) is 22.6 Å². The Hall–Kier alpha value is -2.40. The molecule has 0 aliphatic carbocycles. The second kappa shape index (κ2) is 4.70. The third-order valence-electron chi connectivity index (χ3n) is 2.82. The van der Waals surface area contributed by atoms with Crippen molar-refractivity contribution in [1.82, 2.24) is 0 Å². The monoisotopic (exact) mass is 270 g/mol. The number of carbonyl (C=O) groups excluding carboxylic acids is 1. The summed E-state index contributed by atoms with van der Waals surface area (Å²) in [5, 5.41) is 15.9. The van der Waals surface area contributed by atoms with Gasteiger partial charge in [0, 0.05) is 25.9 Å². The van der Waals surface area contributed by atoms with Crippen molar-refractivity contribution in [2.45, 2.75) is 0 Å². The minimum Gasteiger partial charge on any atom is -0.411 e. The summed E-state index contributed by atoms with van der Waals surface area (Å²) < 4.78 is 2.40. The molecule has 0 aliphatic heterocycles. The van der Waals surface area contributed by atoms with Crippen molar-refractivity contribution in [3.63, 3.8) is 0 Å². The lowest BCUT2D eigenvalue weighted by atomic mass is 10.1. The average Bonchev–Trinajstić information content (AvgIpc) is 2.77. The molecule has 0 aliphatic rings. The van der Waals surface area contributed by atoms with Crippen LogP contribution in [0.4, 0.5) is 5.69 Å². The zero-order chi connectivity index (χ0) is 13.2. The highest BCUT2D eigenvalue weighted by Gasteiger charge is 2.06. The molecule has 0 fully saturated rings. The summed E-state index contributed by atoms with van der Waals surface area (Å²) >= 11 is 1.72. The predicted octanol–water partition coefficient (Wildman–Crippen LogP) is 3.45. The standard InChI is InChI=1S/C14H10N2O2S/c17-14(8-15-18)16-9-5-6-13-11(7-9)10-3-1-2-4-12(10)19-13/h1-8,18H,(H,16,17)/b15-8+. The zero-order valence-corrected chi connectivity index (χ0v) is 10.6. The van der Waals surface area contributed by atoms with Gasteiger partial charge in [0.15, 0.2) is 0 Å². The topological polar surface area (TPSA) is 61.7 Å². The van der Waals surface area contributed by atoms with Crippen LogP contribution in [0.2, 0.25) is 0 Å². The van der Waals surface area contributed by atoms with Crippen LogP contribution in [0.25, 0.3) is 20.2 Å². The van der Waals surface area contributed by atoms with Crippen LogP contribution in [-0.4, -0.2) is 17.3 Å². The highest BCUT2D eigenvalue weighted by Crippen LogP contribution is 2.34. The Bertz CT molecular complexity index is 792. The van der Waals surface area contributed by atoms with E-state index in [1.54, 1.807) is 11.3 Å². The third kappa shape index (κ3) is 2.15. The molecule has 0 saturated heterocycles. The van der Waals surface area contributed by atoms with Crippen molar-refractivity contribution in [2.75, 3.05) is 5.32 Å². The summed E-state index contributed by atoms with van der Waals surface area (Å²) in [6.07, 6.45) is 0.829. The second-order valence-electron chi connectivity index (χ2n) is 4.04. The maximum absolute atomic E-state index is 11.3. The molecule has 1 amide bonds. The van der Waals surface area contributed by atoms with E-state index in [1.807, 2.05) is 30.3 Å². The first-order chi connectivity index (χ1) is 9.28. The van der Waals surface area contributed by atoms with Crippen LogP contribution >= 0.6 is 11.3 Å². The molecular weight excluding hydrogens is 260 g/mol. The Balaban J connectivity index is 2.09. The quantitative estimate of drug-likeness (QED) is 0.425. The Morgan fingerprint density at radius 3 is 2.79 bits per heavy atom. The van der Waals surface area contributed by atoms with Gasteiger partial charge in [0.2, 0.25) is 0 Å². The number of anilines is 1. The molecular formula is C14H10N2O2S. The summed E-state index contributed by atoms with van der Waals surface area (Å²) in [4.78, 5) is 11.3. The number of amides is 1. The van der Waals surface area contributed by atoms with E-state index in [0.717, 1.165) is 11.6 Å². The lowest BCUT2D eigenvalue weighted by Crippen LogP contribution is -2.12. The Labute approximate surface area is 113 Å². The van der Waals surface area contributed by atoms with Crippen molar-refractivity contribution in [1.29, 1.82) is 0 Å². The third-order valence-corrected chi connectivity index (χ3v) is 3.97. The first-order valence-corrected chi connectivity index (χ1v) is 6.49. The van der Waals surface area contributed by atoms with E-state index < -0.39 is 5.91 Å².